The zero-order chi connectivity index (χ0) is 23.9. The number of likely N-dealkylation sites (N-methyl/N-ethyl adjacent to an activating group) is 1. The summed E-state index contributed by atoms with van der Waals surface area (Å²) < 4.78 is 5.51. The van der Waals surface area contributed by atoms with Gasteiger partial charge in [-0.15, -0.1) is 0 Å². The molecule has 0 radical (unpaired) electrons. The minimum absolute atomic E-state index is 0.0492. The van der Waals surface area contributed by atoms with Gasteiger partial charge in [-0.05, 0) is 67.4 Å². The number of phenols is 1. The first-order chi connectivity index (χ1) is 17.1. The third-order valence-electron chi connectivity index (χ3n) is 7.63. The van der Waals surface area contributed by atoms with Crippen molar-refractivity contribution >= 4 is 5.71 Å². The minimum Gasteiger partial charge on any atom is -0.504 e. The largest absolute Gasteiger partial charge is 0.504 e. The van der Waals surface area contributed by atoms with Crippen molar-refractivity contribution in [2.45, 2.75) is 37.6 Å². The van der Waals surface area contributed by atoms with Crippen molar-refractivity contribution in [3.05, 3.63) is 94.5 Å². The van der Waals surface area contributed by atoms with Crippen LogP contribution in [0.5, 0.6) is 11.5 Å². The maximum Gasteiger partial charge on any atom is 0.194 e. The quantitative estimate of drug-likeness (QED) is 0.578. The second-order valence-corrected chi connectivity index (χ2v) is 9.76. The molecular weight excluding hydrogens is 438 g/mol. The highest BCUT2D eigenvalue weighted by molar-refractivity contribution is 6.06. The van der Waals surface area contributed by atoms with Gasteiger partial charge in [-0.1, -0.05) is 59.8 Å². The van der Waals surface area contributed by atoms with Crippen LogP contribution in [0.2, 0.25) is 0 Å². The minimum atomic E-state index is -0.264. The van der Waals surface area contributed by atoms with Crippen LogP contribution in [-0.4, -0.2) is 54.1 Å². The third-order valence-corrected chi connectivity index (χ3v) is 7.63. The Bertz CT molecular complexity index is 1240. The fourth-order valence-corrected chi connectivity index (χ4v) is 5.87. The summed E-state index contributed by atoms with van der Waals surface area (Å²) in [5.74, 6) is 0.497. The predicted molar refractivity (Wildman–Crippen MR) is 136 cm³/mol. The molecule has 6 rings (SSSR count). The lowest BCUT2D eigenvalue weighted by atomic mass is 9.78. The first-order valence-electron chi connectivity index (χ1n) is 12.4. The molecule has 3 aliphatic rings. The van der Waals surface area contributed by atoms with E-state index in [1.807, 2.05) is 30.3 Å². The maximum absolute atomic E-state index is 10.7. The van der Waals surface area contributed by atoms with E-state index in [4.69, 9.17) is 9.57 Å². The van der Waals surface area contributed by atoms with Gasteiger partial charge >= 0.3 is 0 Å². The van der Waals surface area contributed by atoms with E-state index in [1.165, 1.54) is 37.1 Å². The molecule has 0 saturated carbocycles. The zero-order valence-electron chi connectivity index (χ0n) is 20.2. The van der Waals surface area contributed by atoms with Gasteiger partial charge < -0.3 is 14.7 Å². The van der Waals surface area contributed by atoms with E-state index in [0.717, 1.165) is 28.9 Å². The molecule has 3 aromatic carbocycles. The first-order valence-corrected chi connectivity index (χ1v) is 12.4. The Morgan fingerprint density at radius 1 is 1.00 bits per heavy atom. The summed E-state index contributed by atoms with van der Waals surface area (Å²) in [5.41, 5.74) is 6.55. The van der Waals surface area contributed by atoms with Gasteiger partial charge in [-0.2, -0.15) is 0 Å². The van der Waals surface area contributed by atoms with Gasteiger partial charge in [0.1, 0.15) is 0 Å². The molecule has 6 nitrogen and oxygen atoms in total. The molecule has 3 aromatic rings. The van der Waals surface area contributed by atoms with Crippen molar-refractivity contribution in [1.29, 1.82) is 0 Å². The van der Waals surface area contributed by atoms with Crippen molar-refractivity contribution < 1.29 is 14.7 Å². The van der Waals surface area contributed by atoms with E-state index >= 15 is 0 Å². The fraction of sp³-hybridized carbons (Fsp3) is 0.345. The van der Waals surface area contributed by atoms with Crippen LogP contribution in [0.4, 0.5) is 0 Å². The molecule has 0 aromatic heterocycles. The number of rotatable bonds is 5. The van der Waals surface area contributed by atoms with Gasteiger partial charge in [0.15, 0.2) is 17.7 Å². The summed E-state index contributed by atoms with van der Waals surface area (Å²) in [7, 11) is 3.68. The lowest BCUT2D eigenvalue weighted by molar-refractivity contribution is -0.0539. The summed E-state index contributed by atoms with van der Waals surface area (Å²) in [6.07, 6.45) is 2.33. The molecule has 0 amide bonds. The zero-order valence-corrected chi connectivity index (χ0v) is 20.2. The number of phenolic OH excluding ortho intramolecular Hbond substituents is 1. The van der Waals surface area contributed by atoms with Gasteiger partial charge in [0.05, 0.1) is 24.8 Å². The van der Waals surface area contributed by atoms with E-state index in [9.17, 15) is 5.11 Å². The van der Waals surface area contributed by atoms with Gasteiger partial charge in [-0.3, -0.25) is 9.80 Å². The number of oxime groups is 1. The Labute approximate surface area is 206 Å². The van der Waals surface area contributed by atoms with Crippen LogP contribution in [0, 0.1) is 0 Å². The maximum atomic E-state index is 10.7. The molecule has 1 N–H and O–H groups in total. The summed E-state index contributed by atoms with van der Waals surface area (Å²) in [6.45, 7) is 3.38. The normalized spacial score (nSPS) is 23.9. The molecule has 0 spiro atoms. The molecule has 180 valence electrons. The number of methoxy groups -OCH3 is 1. The fourth-order valence-electron chi connectivity index (χ4n) is 5.87. The Kier molecular flexibility index (Phi) is 5.71. The number of ether oxygens (including phenoxy) is 1. The molecular formula is C29H31N3O3. The lowest BCUT2D eigenvalue weighted by Gasteiger charge is -2.41. The van der Waals surface area contributed by atoms with Gasteiger partial charge in [0, 0.05) is 12.1 Å². The average Bonchev–Trinajstić information content (AvgIpc) is 3.56. The van der Waals surface area contributed by atoms with Gasteiger partial charge in [0.2, 0.25) is 0 Å². The summed E-state index contributed by atoms with van der Waals surface area (Å²) in [5, 5.41) is 15.2. The van der Waals surface area contributed by atoms with E-state index in [-0.39, 0.29) is 23.9 Å². The molecule has 0 unspecified atom stereocenters. The van der Waals surface area contributed by atoms with Crippen molar-refractivity contribution in [2.24, 2.45) is 5.16 Å². The third kappa shape index (κ3) is 3.87. The first kappa shape index (κ1) is 22.1. The van der Waals surface area contributed by atoms with Crippen LogP contribution in [0.3, 0.4) is 0 Å². The number of hydrogen-bond acceptors (Lipinski definition) is 6. The molecule has 1 saturated heterocycles. The van der Waals surface area contributed by atoms with Crippen molar-refractivity contribution in [3.63, 3.8) is 0 Å². The van der Waals surface area contributed by atoms with E-state index in [2.05, 4.69) is 58.4 Å². The molecule has 1 fully saturated rings. The molecule has 3 heterocycles. The summed E-state index contributed by atoms with van der Waals surface area (Å²) >= 11 is 0. The molecule has 3 atom stereocenters. The molecule has 0 bridgehead atoms. The lowest BCUT2D eigenvalue weighted by Crippen LogP contribution is -2.45. The van der Waals surface area contributed by atoms with Crippen LogP contribution in [0.25, 0.3) is 0 Å². The average molecular weight is 470 g/mol. The van der Waals surface area contributed by atoms with E-state index in [0.29, 0.717) is 5.75 Å². The number of nitrogens with zero attached hydrogens (tertiary/aromatic N) is 3. The topological polar surface area (TPSA) is 57.5 Å². The Morgan fingerprint density at radius 3 is 2.46 bits per heavy atom. The van der Waals surface area contributed by atoms with Crippen LogP contribution < -0.4 is 4.74 Å². The Balaban J connectivity index is 1.40. The Hall–Kier alpha value is -3.35. The van der Waals surface area contributed by atoms with Gasteiger partial charge in [-0.25, -0.2) is 0 Å². The van der Waals surface area contributed by atoms with Crippen LogP contribution in [0.15, 0.2) is 71.9 Å². The molecule has 3 aliphatic heterocycles. The van der Waals surface area contributed by atoms with Crippen molar-refractivity contribution in [3.8, 4) is 11.5 Å². The van der Waals surface area contributed by atoms with Crippen LogP contribution >= 0.6 is 0 Å². The summed E-state index contributed by atoms with van der Waals surface area (Å²) in [6, 6.07) is 22.8. The van der Waals surface area contributed by atoms with E-state index < -0.39 is 0 Å². The highest BCUT2D eigenvalue weighted by atomic mass is 16.7. The number of benzene rings is 3. The van der Waals surface area contributed by atoms with Crippen molar-refractivity contribution in [1.82, 2.24) is 9.80 Å². The SMILES string of the molecule is COc1cc2c(cc1O)[C@H]1C(c3ccccc3)=NO[C@H]1N(C)[C@@H]2c1ccc(CN2CCCC2)cc1. The number of hydrogen-bond donors (Lipinski definition) is 1. The number of fused-ring (bicyclic) bond motifs is 3. The van der Waals surface area contributed by atoms with Gasteiger partial charge in [0.25, 0.3) is 0 Å². The standard InChI is InChI=1S/C29H31N3O3/c1-31-28(21-12-10-19(11-13-21)18-32-14-6-7-15-32)23-17-25(34-2)24(33)16-22(23)26-27(30-35-29(26)31)20-8-4-3-5-9-20/h3-5,8-13,16-17,26,28-29,33H,6-7,14-15,18H2,1-2H3/t26-,28+,29+/m0/s1. The predicted octanol–water partition coefficient (Wildman–Crippen LogP) is 4.88. The highest BCUT2D eigenvalue weighted by Crippen LogP contribution is 2.49. The molecule has 0 aliphatic carbocycles. The summed E-state index contributed by atoms with van der Waals surface area (Å²) in [4.78, 5) is 10.8. The smallest absolute Gasteiger partial charge is 0.194 e. The second-order valence-electron chi connectivity index (χ2n) is 9.76. The number of aromatic hydroxyl groups is 1. The monoisotopic (exact) mass is 469 g/mol. The van der Waals surface area contributed by atoms with E-state index in [1.54, 1.807) is 7.11 Å². The van der Waals surface area contributed by atoms with Crippen molar-refractivity contribution in [2.75, 3.05) is 27.2 Å². The highest BCUT2D eigenvalue weighted by Gasteiger charge is 2.47. The molecule has 6 heteroatoms. The second kappa shape index (κ2) is 9.02. The van der Waals surface area contributed by atoms with Crippen LogP contribution in [-0.2, 0) is 11.4 Å². The Morgan fingerprint density at radius 2 is 1.74 bits per heavy atom. The van der Waals surface area contributed by atoms with Crippen LogP contribution in [0.1, 0.15) is 52.6 Å². The molecule has 35 heavy (non-hydrogen) atoms. The number of likely N-dealkylation sites (tertiary alicyclic amines) is 1.